The van der Waals surface area contributed by atoms with Crippen LogP contribution in [0.3, 0.4) is 0 Å². The first-order valence-electron chi connectivity index (χ1n) is 7.03. The van der Waals surface area contributed by atoms with Gasteiger partial charge in [-0.1, -0.05) is 18.2 Å². The topological polar surface area (TPSA) is 34.7 Å². The zero-order valence-corrected chi connectivity index (χ0v) is 13.5. The second-order valence-corrected chi connectivity index (χ2v) is 5.58. The summed E-state index contributed by atoms with van der Waals surface area (Å²) in [6.45, 7) is 1.46. The molecule has 0 saturated heterocycles. The zero-order chi connectivity index (χ0) is 15.5. The van der Waals surface area contributed by atoms with E-state index in [1.165, 1.54) is 5.56 Å². The molecule has 0 bridgehead atoms. The van der Waals surface area contributed by atoms with Crippen molar-refractivity contribution in [2.24, 2.45) is 0 Å². The van der Waals surface area contributed by atoms with Crippen LogP contribution < -0.4 is 4.74 Å². The Balaban J connectivity index is 1.73. The molecule has 0 aliphatic heterocycles. The molecule has 0 N–H and O–H groups in total. The van der Waals surface area contributed by atoms with Crippen LogP contribution in [0.5, 0.6) is 5.75 Å². The van der Waals surface area contributed by atoms with Crippen molar-refractivity contribution in [2.75, 3.05) is 14.2 Å². The molecule has 22 heavy (non-hydrogen) atoms. The molecular formula is C16H18N4OS. The molecule has 3 rings (SSSR count). The van der Waals surface area contributed by atoms with E-state index in [-0.39, 0.29) is 0 Å². The molecule has 0 saturated carbocycles. The van der Waals surface area contributed by atoms with Gasteiger partial charge in [-0.2, -0.15) is 5.10 Å². The first-order valence-corrected chi connectivity index (χ1v) is 7.44. The summed E-state index contributed by atoms with van der Waals surface area (Å²) in [5, 5.41) is 4.54. The van der Waals surface area contributed by atoms with Crippen LogP contribution in [-0.2, 0) is 13.2 Å². The second kappa shape index (κ2) is 6.29. The number of hydrogen-bond donors (Lipinski definition) is 0. The molecule has 3 aromatic rings. The first kappa shape index (κ1) is 14.7. The fourth-order valence-electron chi connectivity index (χ4n) is 2.38. The molecule has 0 unspecified atom stereocenters. The molecular weight excluding hydrogens is 296 g/mol. The Morgan fingerprint density at radius 2 is 1.95 bits per heavy atom. The van der Waals surface area contributed by atoms with E-state index >= 15 is 0 Å². The summed E-state index contributed by atoms with van der Waals surface area (Å²) in [7, 11) is 3.72. The molecule has 2 aromatic heterocycles. The second-order valence-electron chi connectivity index (χ2n) is 5.21. The number of hydrogen-bond acceptors (Lipinski definition) is 4. The summed E-state index contributed by atoms with van der Waals surface area (Å²) >= 11 is 5.46. The minimum Gasteiger partial charge on any atom is -0.497 e. The van der Waals surface area contributed by atoms with E-state index in [0.717, 1.165) is 17.9 Å². The van der Waals surface area contributed by atoms with Crippen molar-refractivity contribution in [3.63, 3.8) is 0 Å². The molecule has 0 aliphatic carbocycles. The summed E-state index contributed by atoms with van der Waals surface area (Å²) in [6.07, 6.45) is 1.94. The van der Waals surface area contributed by atoms with Crippen LogP contribution in [0.4, 0.5) is 0 Å². The van der Waals surface area contributed by atoms with Crippen LogP contribution in [0.15, 0.2) is 48.7 Å². The molecule has 0 fully saturated rings. The molecule has 0 amide bonds. The number of pyridine rings is 1. The van der Waals surface area contributed by atoms with Gasteiger partial charge in [0.25, 0.3) is 0 Å². The minimum absolute atomic E-state index is 0.645. The van der Waals surface area contributed by atoms with E-state index in [1.54, 1.807) is 7.11 Å². The highest BCUT2D eigenvalue weighted by atomic mass is 32.1. The lowest BCUT2D eigenvalue weighted by Crippen LogP contribution is -2.22. The van der Waals surface area contributed by atoms with Gasteiger partial charge in [0.1, 0.15) is 5.75 Å². The fraction of sp³-hybridized carbons (Fsp3) is 0.250. The van der Waals surface area contributed by atoms with E-state index < -0.39 is 0 Å². The van der Waals surface area contributed by atoms with Crippen LogP contribution in [0, 0.1) is 4.77 Å². The van der Waals surface area contributed by atoms with Crippen molar-refractivity contribution < 1.29 is 4.74 Å². The van der Waals surface area contributed by atoms with E-state index in [2.05, 4.69) is 29.2 Å². The van der Waals surface area contributed by atoms with E-state index in [1.807, 2.05) is 45.6 Å². The smallest absolute Gasteiger partial charge is 0.203 e. The van der Waals surface area contributed by atoms with Crippen molar-refractivity contribution in [3.05, 3.63) is 59.0 Å². The quantitative estimate of drug-likeness (QED) is 0.678. The monoisotopic (exact) mass is 314 g/mol. The number of benzene rings is 1. The van der Waals surface area contributed by atoms with Gasteiger partial charge in [-0.05, 0) is 49.1 Å². The highest BCUT2D eigenvalue weighted by molar-refractivity contribution is 7.71. The Morgan fingerprint density at radius 3 is 2.64 bits per heavy atom. The third-order valence-corrected chi connectivity index (χ3v) is 3.88. The lowest BCUT2D eigenvalue weighted by atomic mass is 10.2. The largest absolute Gasteiger partial charge is 0.497 e. The van der Waals surface area contributed by atoms with Gasteiger partial charge in [0.2, 0.25) is 4.77 Å². The number of ether oxygens (including phenoxy) is 1. The summed E-state index contributed by atoms with van der Waals surface area (Å²) < 4.78 is 9.64. The Hall–Kier alpha value is -2.18. The van der Waals surface area contributed by atoms with Crippen molar-refractivity contribution in [2.45, 2.75) is 13.2 Å². The average molecular weight is 314 g/mol. The number of methoxy groups -OCH3 is 1. The van der Waals surface area contributed by atoms with Crippen molar-refractivity contribution in [1.82, 2.24) is 19.1 Å². The minimum atomic E-state index is 0.645. The Kier molecular flexibility index (Phi) is 4.22. The van der Waals surface area contributed by atoms with Gasteiger partial charge < -0.3 is 4.74 Å². The summed E-state index contributed by atoms with van der Waals surface area (Å²) in [5.74, 6) is 0.869. The Morgan fingerprint density at radius 1 is 1.18 bits per heavy atom. The lowest BCUT2D eigenvalue weighted by Gasteiger charge is -2.16. The lowest BCUT2D eigenvalue weighted by molar-refractivity contribution is 0.244. The van der Waals surface area contributed by atoms with Crippen LogP contribution in [0.25, 0.3) is 5.65 Å². The van der Waals surface area contributed by atoms with Crippen LogP contribution in [0.1, 0.15) is 5.56 Å². The maximum Gasteiger partial charge on any atom is 0.203 e. The molecule has 0 aliphatic rings. The average Bonchev–Trinajstić information content (AvgIpc) is 2.84. The normalized spacial score (nSPS) is 11.2. The van der Waals surface area contributed by atoms with Gasteiger partial charge >= 0.3 is 0 Å². The molecule has 0 atom stereocenters. The summed E-state index contributed by atoms with van der Waals surface area (Å²) in [4.78, 5) is 2.17. The van der Waals surface area contributed by atoms with Gasteiger partial charge in [-0.3, -0.25) is 9.30 Å². The number of fused-ring (bicyclic) bond motifs is 1. The van der Waals surface area contributed by atoms with Gasteiger partial charge in [0.15, 0.2) is 5.65 Å². The third-order valence-electron chi connectivity index (χ3n) is 3.48. The fourth-order valence-corrected chi connectivity index (χ4v) is 2.63. The highest BCUT2D eigenvalue weighted by Gasteiger charge is 2.06. The predicted octanol–water partition coefficient (Wildman–Crippen LogP) is 2.96. The van der Waals surface area contributed by atoms with E-state index in [0.29, 0.717) is 11.4 Å². The Labute approximate surface area is 134 Å². The highest BCUT2D eigenvalue weighted by Crippen LogP contribution is 2.13. The Bertz CT molecular complexity index is 822. The SMILES string of the molecule is COc1ccc(CN(C)Cn2nc3ccccn3c2=S)cc1. The number of nitrogens with zero attached hydrogens (tertiary/aromatic N) is 4. The van der Waals surface area contributed by atoms with Crippen LogP contribution in [0.2, 0.25) is 0 Å². The molecule has 114 valence electrons. The van der Waals surface area contributed by atoms with Gasteiger partial charge in [0, 0.05) is 12.7 Å². The van der Waals surface area contributed by atoms with Crippen molar-refractivity contribution in [3.8, 4) is 5.75 Å². The maximum atomic E-state index is 5.46. The predicted molar refractivity (Wildman–Crippen MR) is 88.5 cm³/mol. The van der Waals surface area contributed by atoms with Crippen molar-refractivity contribution >= 4 is 17.9 Å². The van der Waals surface area contributed by atoms with Crippen molar-refractivity contribution in [1.29, 1.82) is 0 Å². The maximum absolute atomic E-state index is 5.46. The first-order chi connectivity index (χ1) is 10.7. The number of rotatable bonds is 5. The molecule has 0 radical (unpaired) electrons. The summed E-state index contributed by atoms with van der Waals surface area (Å²) in [6, 6.07) is 13.9. The van der Waals surface area contributed by atoms with Gasteiger partial charge in [-0.15, -0.1) is 0 Å². The molecule has 0 spiro atoms. The third kappa shape index (κ3) is 3.03. The van der Waals surface area contributed by atoms with Crippen LogP contribution in [-0.4, -0.2) is 33.2 Å². The molecule has 6 heteroatoms. The molecule has 5 nitrogen and oxygen atoms in total. The van der Waals surface area contributed by atoms with Crippen LogP contribution >= 0.6 is 12.2 Å². The van der Waals surface area contributed by atoms with Gasteiger partial charge in [0.05, 0.1) is 13.8 Å². The van der Waals surface area contributed by atoms with Gasteiger partial charge in [-0.25, -0.2) is 4.68 Å². The van der Waals surface area contributed by atoms with E-state index in [9.17, 15) is 0 Å². The molecule has 1 aromatic carbocycles. The summed E-state index contributed by atoms with van der Waals surface area (Å²) in [5.41, 5.74) is 2.09. The van der Waals surface area contributed by atoms with E-state index in [4.69, 9.17) is 17.0 Å². The molecule has 2 heterocycles. The number of aromatic nitrogens is 3. The standard InChI is InChI=1S/C16H18N4OS/c1-18(11-13-6-8-14(21-2)9-7-13)12-20-16(22)19-10-4-3-5-15(19)17-20/h3-10H,11-12H2,1-2H3. The zero-order valence-electron chi connectivity index (χ0n) is 12.6.